The average Bonchev–Trinajstić information content (AvgIpc) is 2.83. The van der Waals surface area contributed by atoms with Crippen molar-refractivity contribution in [3.8, 4) is 0 Å². The molecule has 2 unspecified atom stereocenters. The third kappa shape index (κ3) is 2.09. The molecule has 0 spiro atoms. The van der Waals surface area contributed by atoms with E-state index < -0.39 is 0 Å². The van der Waals surface area contributed by atoms with E-state index in [9.17, 15) is 5.11 Å². The molecule has 0 aromatic carbocycles. The second-order valence-corrected chi connectivity index (χ2v) is 4.93. The fourth-order valence-electron chi connectivity index (χ4n) is 2.71. The second kappa shape index (κ2) is 4.74. The smallest absolute Gasteiger partial charge is 0.179 e. The van der Waals surface area contributed by atoms with Crippen molar-refractivity contribution < 1.29 is 9.84 Å². The number of nitrogens with zero attached hydrogens (tertiary/aromatic N) is 3. The highest BCUT2D eigenvalue weighted by Gasteiger charge is 2.27. The minimum Gasteiger partial charge on any atom is -0.396 e. The first-order chi connectivity index (χ1) is 8.38. The normalized spacial score (nSPS) is 29.0. The Morgan fingerprint density at radius 1 is 1.29 bits per heavy atom. The van der Waals surface area contributed by atoms with Crippen LogP contribution in [0.25, 0.3) is 0 Å². The van der Waals surface area contributed by atoms with E-state index in [1.807, 2.05) is 4.68 Å². The summed E-state index contributed by atoms with van der Waals surface area (Å²) in [4.78, 5) is 4.59. The summed E-state index contributed by atoms with van der Waals surface area (Å²) < 4.78 is 7.67. The Bertz CT molecular complexity index is 385. The molecule has 2 aliphatic heterocycles. The maximum Gasteiger partial charge on any atom is 0.179 e. The van der Waals surface area contributed by atoms with Crippen molar-refractivity contribution in [3.05, 3.63) is 11.6 Å². The van der Waals surface area contributed by atoms with Gasteiger partial charge in [0, 0.05) is 19.1 Å². The van der Waals surface area contributed by atoms with Crippen LogP contribution in [0.5, 0.6) is 0 Å². The molecule has 0 radical (unpaired) electrons. The van der Waals surface area contributed by atoms with Gasteiger partial charge in [-0.05, 0) is 32.1 Å². The molecule has 0 bridgehead atoms. The largest absolute Gasteiger partial charge is 0.396 e. The Morgan fingerprint density at radius 2 is 2.24 bits per heavy atom. The van der Waals surface area contributed by atoms with E-state index >= 15 is 0 Å². The summed E-state index contributed by atoms with van der Waals surface area (Å²) in [6.45, 7) is 1.91. The summed E-state index contributed by atoms with van der Waals surface area (Å²) in [7, 11) is 0. The van der Waals surface area contributed by atoms with Crippen LogP contribution < -0.4 is 0 Å². The summed E-state index contributed by atoms with van der Waals surface area (Å²) in [6.07, 6.45) is 5.52. The van der Waals surface area contributed by atoms with Gasteiger partial charge in [-0.25, -0.2) is 9.67 Å². The zero-order valence-corrected chi connectivity index (χ0v) is 10.0. The van der Waals surface area contributed by atoms with Gasteiger partial charge in [0.25, 0.3) is 0 Å². The van der Waals surface area contributed by atoms with Crippen LogP contribution in [0.3, 0.4) is 0 Å². The van der Waals surface area contributed by atoms with Crippen LogP contribution in [0, 0.1) is 0 Å². The Balaban J connectivity index is 1.84. The number of aliphatic hydroxyl groups excluding tert-OH is 1. The molecule has 2 aliphatic rings. The first-order valence-electron chi connectivity index (χ1n) is 6.55. The van der Waals surface area contributed by atoms with Gasteiger partial charge in [-0.1, -0.05) is 0 Å². The lowest BCUT2D eigenvalue weighted by Gasteiger charge is -2.19. The maximum atomic E-state index is 9.35. The number of ether oxygens (including phenoxy) is 1. The van der Waals surface area contributed by atoms with Crippen LogP contribution >= 0.6 is 0 Å². The van der Waals surface area contributed by atoms with Crippen LogP contribution in [0.4, 0.5) is 0 Å². The monoisotopic (exact) mass is 237 g/mol. The second-order valence-electron chi connectivity index (χ2n) is 4.93. The van der Waals surface area contributed by atoms with E-state index in [1.165, 1.54) is 6.42 Å². The average molecular weight is 237 g/mol. The molecule has 1 fully saturated rings. The minimum absolute atomic E-state index is 0.0705. The van der Waals surface area contributed by atoms with E-state index in [0.717, 1.165) is 50.5 Å². The van der Waals surface area contributed by atoms with Gasteiger partial charge in [0.2, 0.25) is 0 Å². The molecule has 2 atom stereocenters. The quantitative estimate of drug-likeness (QED) is 0.844. The first-order valence-corrected chi connectivity index (χ1v) is 6.55. The number of aliphatic hydroxyl groups is 1. The molecule has 0 saturated carbocycles. The van der Waals surface area contributed by atoms with E-state index in [-0.39, 0.29) is 18.6 Å². The van der Waals surface area contributed by atoms with Crippen molar-refractivity contribution in [2.75, 3.05) is 13.2 Å². The molecule has 5 nitrogen and oxygen atoms in total. The van der Waals surface area contributed by atoms with E-state index in [1.54, 1.807) is 0 Å². The van der Waals surface area contributed by atoms with E-state index in [4.69, 9.17) is 4.74 Å². The Kier molecular flexibility index (Phi) is 3.11. The van der Waals surface area contributed by atoms with Crippen molar-refractivity contribution in [2.45, 2.75) is 50.7 Å². The van der Waals surface area contributed by atoms with Gasteiger partial charge in [-0.2, -0.15) is 5.10 Å². The van der Waals surface area contributed by atoms with Crippen molar-refractivity contribution in [3.63, 3.8) is 0 Å². The lowest BCUT2D eigenvalue weighted by Crippen LogP contribution is -2.19. The number of aromatic nitrogens is 3. The molecule has 1 saturated heterocycles. The number of rotatable bonds is 2. The lowest BCUT2D eigenvalue weighted by atomic mass is 10.0. The third-order valence-corrected chi connectivity index (χ3v) is 3.69. The third-order valence-electron chi connectivity index (χ3n) is 3.69. The van der Waals surface area contributed by atoms with Crippen LogP contribution in [-0.2, 0) is 11.3 Å². The Labute approximate surface area is 101 Å². The zero-order valence-electron chi connectivity index (χ0n) is 10.0. The molecular weight excluding hydrogens is 218 g/mol. The van der Waals surface area contributed by atoms with E-state index in [2.05, 4.69) is 10.1 Å². The van der Waals surface area contributed by atoms with Crippen molar-refractivity contribution in [2.24, 2.45) is 0 Å². The lowest BCUT2D eigenvalue weighted by molar-refractivity contribution is 0.00935. The molecule has 17 heavy (non-hydrogen) atoms. The summed E-state index contributed by atoms with van der Waals surface area (Å²) in [5, 5.41) is 13.9. The van der Waals surface area contributed by atoms with Gasteiger partial charge < -0.3 is 9.84 Å². The predicted molar refractivity (Wildman–Crippen MR) is 61.6 cm³/mol. The molecule has 0 amide bonds. The fourth-order valence-corrected chi connectivity index (χ4v) is 2.71. The number of hydrogen-bond acceptors (Lipinski definition) is 4. The molecular formula is C12H19N3O2. The van der Waals surface area contributed by atoms with Crippen LogP contribution in [0.2, 0.25) is 0 Å². The fraction of sp³-hybridized carbons (Fsp3) is 0.833. The zero-order chi connectivity index (χ0) is 11.7. The molecule has 3 heterocycles. The van der Waals surface area contributed by atoms with Gasteiger partial charge in [-0.15, -0.1) is 0 Å². The highest BCUT2D eigenvalue weighted by Crippen LogP contribution is 2.30. The molecule has 1 N–H and O–H groups in total. The Hall–Kier alpha value is -0.940. The van der Waals surface area contributed by atoms with Crippen molar-refractivity contribution in [1.82, 2.24) is 14.8 Å². The summed E-state index contributed by atoms with van der Waals surface area (Å²) in [5.74, 6) is 1.93. The summed E-state index contributed by atoms with van der Waals surface area (Å²) >= 11 is 0. The maximum absolute atomic E-state index is 9.35. The van der Waals surface area contributed by atoms with Crippen molar-refractivity contribution >= 4 is 0 Å². The van der Waals surface area contributed by atoms with Crippen LogP contribution in [0.1, 0.15) is 55.8 Å². The molecule has 1 aromatic rings. The Morgan fingerprint density at radius 3 is 3.00 bits per heavy atom. The number of hydrogen-bond donors (Lipinski definition) is 1. The van der Waals surface area contributed by atoms with Gasteiger partial charge in [-0.3, -0.25) is 0 Å². The summed E-state index contributed by atoms with van der Waals surface area (Å²) in [6, 6.07) is 0. The van der Waals surface area contributed by atoms with Crippen LogP contribution in [-0.4, -0.2) is 33.1 Å². The SMILES string of the molecule is OCC1CCCn2nc(C3CCCCO3)nc21. The predicted octanol–water partition coefficient (Wildman–Crippen LogP) is 1.39. The molecule has 5 heteroatoms. The summed E-state index contributed by atoms with van der Waals surface area (Å²) in [5.41, 5.74) is 0. The topological polar surface area (TPSA) is 60.2 Å². The molecule has 1 aromatic heterocycles. The van der Waals surface area contributed by atoms with Gasteiger partial charge >= 0.3 is 0 Å². The molecule has 0 aliphatic carbocycles. The van der Waals surface area contributed by atoms with Gasteiger partial charge in [0.05, 0.1) is 6.61 Å². The van der Waals surface area contributed by atoms with Crippen LogP contribution in [0.15, 0.2) is 0 Å². The minimum atomic E-state index is 0.0705. The standard InChI is InChI=1S/C12H19N3O2/c16-8-9-4-3-6-15-12(9)13-11(14-15)10-5-1-2-7-17-10/h9-10,16H,1-8H2. The number of fused-ring (bicyclic) bond motifs is 1. The van der Waals surface area contributed by atoms with Gasteiger partial charge in [0.1, 0.15) is 11.9 Å². The van der Waals surface area contributed by atoms with Crippen molar-refractivity contribution in [1.29, 1.82) is 0 Å². The molecule has 3 rings (SSSR count). The first kappa shape index (κ1) is 11.2. The van der Waals surface area contributed by atoms with E-state index in [0.29, 0.717) is 0 Å². The highest BCUT2D eigenvalue weighted by atomic mass is 16.5. The highest BCUT2D eigenvalue weighted by molar-refractivity contribution is 5.05. The van der Waals surface area contributed by atoms with Gasteiger partial charge in [0.15, 0.2) is 5.82 Å². The number of aryl methyl sites for hydroxylation is 1. The molecule has 94 valence electrons.